The van der Waals surface area contributed by atoms with Crippen LogP contribution in [-0.2, 0) is 14.8 Å². The molecule has 1 atom stereocenters. The number of rotatable bonds is 3. The Labute approximate surface area is 131 Å². The Balaban J connectivity index is 1.63. The van der Waals surface area contributed by atoms with E-state index < -0.39 is 10.0 Å². The van der Waals surface area contributed by atoms with Crippen molar-refractivity contribution in [3.8, 4) is 0 Å². The zero-order chi connectivity index (χ0) is 15.4. The van der Waals surface area contributed by atoms with Crippen molar-refractivity contribution in [1.82, 2.24) is 4.31 Å². The van der Waals surface area contributed by atoms with E-state index in [4.69, 9.17) is 10.5 Å². The molecule has 0 bridgehead atoms. The number of ether oxygens (including phenoxy) is 1. The molecule has 22 heavy (non-hydrogen) atoms. The highest BCUT2D eigenvalue weighted by Crippen LogP contribution is 2.56. The Kier molecular flexibility index (Phi) is 3.25. The molecule has 5 nitrogen and oxygen atoms in total. The second-order valence-electron chi connectivity index (χ2n) is 6.88. The zero-order valence-electron chi connectivity index (χ0n) is 12.6. The van der Waals surface area contributed by atoms with Gasteiger partial charge >= 0.3 is 0 Å². The monoisotopic (exact) mass is 322 g/mol. The maximum atomic E-state index is 12.9. The highest BCUT2D eigenvalue weighted by Gasteiger charge is 2.61. The molecule has 1 aromatic rings. The van der Waals surface area contributed by atoms with Crippen LogP contribution < -0.4 is 5.73 Å². The van der Waals surface area contributed by atoms with Crippen molar-refractivity contribution >= 4 is 15.7 Å². The quantitative estimate of drug-likeness (QED) is 0.862. The van der Waals surface area contributed by atoms with E-state index >= 15 is 0 Å². The third-order valence-corrected chi connectivity index (χ3v) is 7.29. The van der Waals surface area contributed by atoms with Crippen LogP contribution in [0.25, 0.3) is 0 Å². The largest absolute Gasteiger partial charge is 0.399 e. The molecule has 6 heteroatoms. The van der Waals surface area contributed by atoms with Gasteiger partial charge in [-0.25, -0.2) is 8.42 Å². The topological polar surface area (TPSA) is 72.6 Å². The van der Waals surface area contributed by atoms with Crippen LogP contribution in [0.1, 0.15) is 25.7 Å². The van der Waals surface area contributed by atoms with Gasteiger partial charge in [0.2, 0.25) is 10.0 Å². The first-order valence-electron chi connectivity index (χ1n) is 7.98. The molecule has 1 aliphatic carbocycles. The van der Waals surface area contributed by atoms with Gasteiger partial charge in [0.1, 0.15) is 0 Å². The summed E-state index contributed by atoms with van der Waals surface area (Å²) in [6.45, 7) is 2.17. The lowest BCUT2D eigenvalue weighted by Gasteiger charge is -2.58. The highest BCUT2D eigenvalue weighted by molar-refractivity contribution is 7.89. The first-order valence-corrected chi connectivity index (χ1v) is 9.42. The summed E-state index contributed by atoms with van der Waals surface area (Å²) in [6, 6.07) is 6.71. The van der Waals surface area contributed by atoms with Crippen molar-refractivity contribution < 1.29 is 13.2 Å². The molecule has 2 N–H and O–H groups in total. The number of nitrogens with two attached hydrogens (primary N) is 1. The average molecular weight is 322 g/mol. The fourth-order valence-corrected chi connectivity index (χ4v) is 5.96. The molecule has 4 rings (SSSR count). The SMILES string of the molecule is Nc1ccc(S(=O)(=O)N2CC3(CCOCC3)[C@@H]2C2CC2)cc1. The molecule has 0 radical (unpaired) electrons. The van der Waals surface area contributed by atoms with Gasteiger partial charge in [0.05, 0.1) is 4.90 Å². The Morgan fingerprint density at radius 2 is 1.77 bits per heavy atom. The van der Waals surface area contributed by atoms with Crippen LogP contribution in [0.5, 0.6) is 0 Å². The van der Waals surface area contributed by atoms with Gasteiger partial charge in [0, 0.05) is 36.9 Å². The zero-order valence-corrected chi connectivity index (χ0v) is 13.4. The molecule has 120 valence electrons. The van der Waals surface area contributed by atoms with E-state index in [0.717, 1.165) is 38.9 Å². The summed E-state index contributed by atoms with van der Waals surface area (Å²) in [5.41, 5.74) is 6.41. The second-order valence-corrected chi connectivity index (χ2v) is 8.77. The predicted molar refractivity (Wildman–Crippen MR) is 83.7 cm³/mol. The van der Waals surface area contributed by atoms with Crippen LogP contribution in [0.4, 0.5) is 5.69 Å². The Morgan fingerprint density at radius 1 is 1.14 bits per heavy atom. The molecule has 0 aromatic heterocycles. The number of hydrogen-bond donors (Lipinski definition) is 1. The van der Waals surface area contributed by atoms with E-state index in [1.54, 1.807) is 28.6 Å². The van der Waals surface area contributed by atoms with Crippen molar-refractivity contribution in [2.24, 2.45) is 11.3 Å². The standard InChI is InChI=1S/C16H22N2O3S/c17-13-3-5-14(6-4-13)22(19,20)18-11-16(7-9-21-10-8-16)15(18)12-1-2-12/h3-6,12,15H,1-2,7-11,17H2/t15-/m0/s1. The van der Waals surface area contributed by atoms with Gasteiger partial charge in [-0.05, 0) is 55.9 Å². The van der Waals surface area contributed by atoms with Gasteiger partial charge in [-0.1, -0.05) is 0 Å². The molecule has 3 aliphatic rings. The highest BCUT2D eigenvalue weighted by atomic mass is 32.2. The molecule has 1 spiro atoms. The van der Waals surface area contributed by atoms with Crippen LogP contribution in [0.3, 0.4) is 0 Å². The second kappa shape index (κ2) is 4.94. The molecule has 1 saturated carbocycles. The third-order valence-electron chi connectivity index (χ3n) is 5.45. The van der Waals surface area contributed by atoms with Crippen LogP contribution >= 0.6 is 0 Å². The fraction of sp³-hybridized carbons (Fsp3) is 0.625. The summed E-state index contributed by atoms with van der Waals surface area (Å²) in [6.07, 6.45) is 4.28. The molecule has 2 saturated heterocycles. The van der Waals surface area contributed by atoms with Crippen molar-refractivity contribution in [2.45, 2.75) is 36.6 Å². The van der Waals surface area contributed by atoms with Gasteiger partial charge in [-0.2, -0.15) is 4.31 Å². The molecule has 3 fully saturated rings. The normalized spacial score (nSPS) is 28.5. The maximum absolute atomic E-state index is 12.9. The third kappa shape index (κ3) is 2.16. The molecular formula is C16H22N2O3S. The first kappa shape index (κ1) is 14.5. The summed E-state index contributed by atoms with van der Waals surface area (Å²) in [5, 5.41) is 0. The van der Waals surface area contributed by atoms with Crippen molar-refractivity contribution in [2.75, 3.05) is 25.5 Å². The maximum Gasteiger partial charge on any atom is 0.243 e. The molecule has 2 aliphatic heterocycles. The Hall–Kier alpha value is -1.11. The molecule has 1 aromatic carbocycles. The van der Waals surface area contributed by atoms with Crippen LogP contribution in [-0.4, -0.2) is 38.5 Å². The summed E-state index contributed by atoms with van der Waals surface area (Å²) >= 11 is 0. The van der Waals surface area contributed by atoms with Crippen LogP contribution in [0.2, 0.25) is 0 Å². The van der Waals surface area contributed by atoms with Crippen molar-refractivity contribution in [3.05, 3.63) is 24.3 Å². The van der Waals surface area contributed by atoms with Crippen LogP contribution in [0.15, 0.2) is 29.2 Å². The van der Waals surface area contributed by atoms with E-state index in [9.17, 15) is 8.42 Å². The minimum Gasteiger partial charge on any atom is -0.399 e. The molecule has 0 unspecified atom stereocenters. The smallest absolute Gasteiger partial charge is 0.243 e. The summed E-state index contributed by atoms with van der Waals surface area (Å²) < 4.78 is 33.1. The fourth-order valence-electron chi connectivity index (χ4n) is 4.08. The summed E-state index contributed by atoms with van der Waals surface area (Å²) in [7, 11) is -3.41. The Morgan fingerprint density at radius 3 is 2.36 bits per heavy atom. The molecular weight excluding hydrogens is 300 g/mol. The average Bonchev–Trinajstić information content (AvgIpc) is 3.31. The number of nitrogen functional groups attached to an aromatic ring is 1. The van der Waals surface area contributed by atoms with E-state index in [1.807, 2.05) is 0 Å². The van der Waals surface area contributed by atoms with Gasteiger partial charge in [-0.15, -0.1) is 0 Å². The van der Waals surface area contributed by atoms with Gasteiger partial charge in [0.15, 0.2) is 0 Å². The van der Waals surface area contributed by atoms with Gasteiger partial charge in [0.25, 0.3) is 0 Å². The van der Waals surface area contributed by atoms with E-state index in [-0.39, 0.29) is 11.5 Å². The molecule has 0 amide bonds. The van der Waals surface area contributed by atoms with E-state index in [2.05, 4.69) is 0 Å². The molecule has 2 heterocycles. The van der Waals surface area contributed by atoms with Crippen LogP contribution in [0, 0.1) is 11.3 Å². The van der Waals surface area contributed by atoms with Gasteiger partial charge in [-0.3, -0.25) is 0 Å². The lowest BCUT2D eigenvalue weighted by molar-refractivity contribution is -0.101. The van der Waals surface area contributed by atoms with Crippen molar-refractivity contribution in [1.29, 1.82) is 0 Å². The lowest BCUT2D eigenvalue weighted by Crippen LogP contribution is -2.68. The predicted octanol–water partition coefficient (Wildman–Crippen LogP) is 1.85. The minimum atomic E-state index is -3.41. The minimum absolute atomic E-state index is 0.153. The number of sulfonamides is 1. The summed E-state index contributed by atoms with van der Waals surface area (Å²) in [5.74, 6) is 0.537. The first-order chi connectivity index (χ1) is 10.5. The van der Waals surface area contributed by atoms with E-state index in [1.165, 1.54) is 0 Å². The van der Waals surface area contributed by atoms with Crippen molar-refractivity contribution in [3.63, 3.8) is 0 Å². The number of nitrogens with zero attached hydrogens (tertiary/aromatic N) is 1. The number of benzene rings is 1. The summed E-state index contributed by atoms with van der Waals surface area (Å²) in [4.78, 5) is 0.356. The Bertz CT molecular complexity index is 661. The number of hydrogen-bond acceptors (Lipinski definition) is 4. The van der Waals surface area contributed by atoms with E-state index in [0.29, 0.717) is 23.0 Å². The lowest BCUT2D eigenvalue weighted by atomic mass is 9.66. The van der Waals surface area contributed by atoms with Gasteiger partial charge < -0.3 is 10.5 Å². The number of anilines is 1.